The van der Waals surface area contributed by atoms with Crippen LogP contribution in [-0.2, 0) is 23.8 Å². The minimum atomic E-state index is -1.77. The van der Waals surface area contributed by atoms with E-state index in [2.05, 4.69) is 61.5 Å². The first kappa shape index (κ1) is 42.2. The van der Waals surface area contributed by atoms with Crippen molar-refractivity contribution in [2.24, 2.45) is 50.2 Å². The van der Waals surface area contributed by atoms with E-state index in [9.17, 15) is 35.1 Å². The lowest BCUT2D eigenvalue weighted by Crippen LogP contribution is -2.67. The second kappa shape index (κ2) is 14.4. The highest BCUT2D eigenvalue weighted by atomic mass is 16.7. The summed E-state index contributed by atoms with van der Waals surface area (Å²) in [6.45, 7) is 18.9. The molecule has 6 aliphatic rings. The van der Waals surface area contributed by atoms with Crippen LogP contribution in [-0.4, -0.2) is 87.5 Å². The highest BCUT2D eigenvalue weighted by Crippen LogP contribution is 2.76. The number of aliphatic hydroxyl groups is 3. The summed E-state index contributed by atoms with van der Waals surface area (Å²) in [5, 5.41) is 51.3. The Bertz CT molecular complexity index is 1800. The number of allylic oxidation sites excluding steroid dienone is 2. The SMILES string of the molecule is COc1cc(/C=C/C(=O)O[C@@H]2C[C@]3(C)C(=CC[C@@H]4[C@@]5(C)CC[C@H](O[C@@H]6O[C@H](C(=O)O)[C@@H](O)[C@H](O)[C@H]6O)C(C)(C)[C@@H]5CC[C@]43C)[C@@H]3CC(C)(C)CC[C@]23C)ccc1O. The van der Waals surface area contributed by atoms with Crippen molar-refractivity contribution in [1.82, 2.24) is 0 Å². The number of carbonyl (C=O) groups excluding carboxylic acids is 1. The van der Waals surface area contributed by atoms with Crippen molar-refractivity contribution in [3.63, 3.8) is 0 Å². The van der Waals surface area contributed by atoms with Crippen LogP contribution in [0, 0.1) is 50.2 Å². The van der Waals surface area contributed by atoms with E-state index in [0.717, 1.165) is 56.9 Å². The summed E-state index contributed by atoms with van der Waals surface area (Å²) < 4.78 is 23.9. The standard InChI is InChI=1S/C46H66O11/c1-41(2)20-21-43(5)27(23-41)26-12-14-31-44(6)18-17-32(56-40-37(51)35(49)36(50)38(57-40)39(52)53)42(3,4)30(44)16-19-45(31,7)46(26,8)24-33(43)55-34(48)15-11-25-10-13-28(47)29(22-25)54-9/h10-13,15,22,27,30-33,35-38,40,47,49-51H,14,16-21,23-24H2,1-9H3,(H,52,53)/b15-11+/t27-,30-,31+,32-,33+,35-,36-,37+,38-,40+,43-,44-,45+,46+/m0/s1. The summed E-state index contributed by atoms with van der Waals surface area (Å²) in [4.78, 5) is 25.6. The molecule has 11 heteroatoms. The summed E-state index contributed by atoms with van der Waals surface area (Å²) in [6.07, 6.45) is 5.23. The van der Waals surface area contributed by atoms with Crippen LogP contribution >= 0.6 is 0 Å². The molecule has 14 atom stereocenters. The van der Waals surface area contributed by atoms with Gasteiger partial charge in [0.2, 0.25) is 0 Å². The molecule has 1 aliphatic heterocycles. The van der Waals surface area contributed by atoms with E-state index in [0.29, 0.717) is 18.1 Å². The minimum absolute atomic E-state index is 0.0367. The molecular formula is C46H66O11. The summed E-state index contributed by atoms with van der Waals surface area (Å²) >= 11 is 0. The molecule has 1 aromatic carbocycles. The number of methoxy groups -OCH3 is 1. The molecule has 1 heterocycles. The highest BCUT2D eigenvalue weighted by molar-refractivity contribution is 5.87. The van der Waals surface area contributed by atoms with Crippen molar-refractivity contribution in [2.75, 3.05) is 7.11 Å². The van der Waals surface area contributed by atoms with Gasteiger partial charge >= 0.3 is 11.9 Å². The fourth-order valence-corrected chi connectivity index (χ4v) is 13.4. The number of carboxylic acid groups (broad SMARTS) is 1. The van der Waals surface area contributed by atoms with Crippen LogP contribution in [0.4, 0.5) is 0 Å². The first-order valence-corrected chi connectivity index (χ1v) is 21.1. The predicted octanol–water partition coefficient (Wildman–Crippen LogP) is 7.03. The van der Waals surface area contributed by atoms with E-state index in [1.165, 1.54) is 13.2 Å². The second-order valence-electron chi connectivity index (χ2n) is 20.8. The monoisotopic (exact) mass is 794 g/mol. The topological polar surface area (TPSA) is 172 Å². The number of aromatic hydroxyl groups is 1. The molecule has 5 N–H and O–H groups in total. The Morgan fingerprint density at radius 2 is 1.56 bits per heavy atom. The van der Waals surface area contributed by atoms with E-state index in [-0.39, 0.29) is 68.3 Å². The molecular weight excluding hydrogens is 728 g/mol. The van der Waals surface area contributed by atoms with Gasteiger partial charge in [-0.3, -0.25) is 0 Å². The number of hydrogen-bond acceptors (Lipinski definition) is 10. The number of fused-ring (bicyclic) bond motifs is 7. The Morgan fingerprint density at radius 1 is 0.842 bits per heavy atom. The Hall–Kier alpha value is -2.96. The molecule has 5 fully saturated rings. The van der Waals surface area contributed by atoms with E-state index < -0.39 is 36.7 Å². The molecule has 0 spiro atoms. The molecule has 0 unspecified atom stereocenters. The average Bonchev–Trinajstić information content (AvgIpc) is 3.13. The Balaban J connectivity index is 1.17. The second-order valence-corrected chi connectivity index (χ2v) is 20.8. The quantitative estimate of drug-likeness (QED) is 0.0830. The molecule has 7 rings (SSSR count). The lowest BCUT2D eigenvalue weighted by Gasteiger charge is -2.72. The Kier molecular flexibility index (Phi) is 10.6. The fraction of sp³-hybridized carbons (Fsp3) is 0.739. The third-order valence-corrected chi connectivity index (χ3v) is 17.0. The number of carbonyl (C=O) groups is 2. The molecule has 4 saturated carbocycles. The smallest absolute Gasteiger partial charge is 0.335 e. The van der Waals surface area contributed by atoms with E-state index >= 15 is 0 Å². The van der Waals surface area contributed by atoms with Gasteiger partial charge in [0.1, 0.15) is 24.4 Å². The van der Waals surface area contributed by atoms with Gasteiger partial charge in [0, 0.05) is 11.5 Å². The zero-order valence-corrected chi connectivity index (χ0v) is 35.3. The average molecular weight is 795 g/mol. The first-order valence-electron chi connectivity index (χ1n) is 21.1. The van der Waals surface area contributed by atoms with Gasteiger partial charge in [-0.05, 0) is 126 Å². The van der Waals surface area contributed by atoms with Gasteiger partial charge in [0.05, 0.1) is 13.2 Å². The number of ether oxygens (including phenoxy) is 4. The van der Waals surface area contributed by atoms with Gasteiger partial charge in [-0.2, -0.15) is 0 Å². The molecule has 0 aromatic heterocycles. The summed E-state index contributed by atoms with van der Waals surface area (Å²) in [7, 11) is 1.49. The Morgan fingerprint density at radius 3 is 2.25 bits per heavy atom. The number of phenols is 1. The maximum Gasteiger partial charge on any atom is 0.335 e. The molecule has 0 amide bonds. The highest BCUT2D eigenvalue weighted by Gasteiger charge is 2.70. The van der Waals surface area contributed by atoms with Crippen LogP contribution in [0.15, 0.2) is 35.9 Å². The van der Waals surface area contributed by atoms with Gasteiger partial charge < -0.3 is 44.5 Å². The zero-order chi connectivity index (χ0) is 41.7. The predicted molar refractivity (Wildman–Crippen MR) is 213 cm³/mol. The summed E-state index contributed by atoms with van der Waals surface area (Å²) in [6, 6.07) is 4.98. The molecule has 316 valence electrons. The molecule has 5 aliphatic carbocycles. The number of carboxylic acids is 1. The van der Waals surface area contributed by atoms with Gasteiger partial charge in [0.15, 0.2) is 23.9 Å². The number of hydrogen-bond donors (Lipinski definition) is 5. The van der Waals surface area contributed by atoms with Crippen molar-refractivity contribution >= 4 is 18.0 Å². The number of phenolic OH excluding ortho intramolecular Hbond substituents is 1. The van der Waals surface area contributed by atoms with Crippen LogP contribution in [0.1, 0.15) is 119 Å². The van der Waals surface area contributed by atoms with Gasteiger partial charge in [-0.15, -0.1) is 0 Å². The summed E-state index contributed by atoms with van der Waals surface area (Å²) in [5.41, 5.74) is 1.47. The van der Waals surface area contributed by atoms with Crippen molar-refractivity contribution in [1.29, 1.82) is 0 Å². The molecule has 1 saturated heterocycles. The van der Waals surface area contributed by atoms with Gasteiger partial charge in [-0.1, -0.05) is 73.1 Å². The van der Waals surface area contributed by atoms with E-state index in [1.807, 2.05) is 0 Å². The van der Waals surface area contributed by atoms with Crippen LogP contribution < -0.4 is 4.74 Å². The summed E-state index contributed by atoms with van der Waals surface area (Å²) in [5.74, 6) is -0.566. The molecule has 1 aromatic rings. The van der Waals surface area contributed by atoms with Crippen molar-refractivity contribution < 1.29 is 54.1 Å². The van der Waals surface area contributed by atoms with Crippen molar-refractivity contribution in [3.05, 3.63) is 41.5 Å². The number of aliphatic hydroxyl groups excluding tert-OH is 3. The number of benzene rings is 1. The lowest BCUT2D eigenvalue weighted by atomic mass is 9.33. The lowest BCUT2D eigenvalue weighted by molar-refractivity contribution is -0.324. The number of aliphatic carboxylic acids is 1. The largest absolute Gasteiger partial charge is 0.504 e. The molecule has 57 heavy (non-hydrogen) atoms. The molecule has 11 nitrogen and oxygen atoms in total. The van der Waals surface area contributed by atoms with Crippen molar-refractivity contribution in [3.8, 4) is 11.5 Å². The zero-order valence-electron chi connectivity index (χ0n) is 35.3. The van der Waals surface area contributed by atoms with Crippen LogP contribution in [0.5, 0.6) is 11.5 Å². The fourth-order valence-electron chi connectivity index (χ4n) is 13.4. The van der Waals surface area contributed by atoms with Crippen LogP contribution in [0.2, 0.25) is 0 Å². The number of rotatable bonds is 7. The van der Waals surface area contributed by atoms with Crippen molar-refractivity contribution in [2.45, 2.75) is 156 Å². The third kappa shape index (κ3) is 6.66. The van der Waals surface area contributed by atoms with E-state index in [4.69, 9.17) is 18.9 Å². The van der Waals surface area contributed by atoms with E-state index in [1.54, 1.807) is 29.8 Å². The van der Waals surface area contributed by atoms with Crippen LogP contribution in [0.25, 0.3) is 6.08 Å². The normalized spacial score (nSPS) is 44.7. The maximum absolute atomic E-state index is 13.8. The number of esters is 1. The van der Waals surface area contributed by atoms with Gasteiger partial charge in [0.25, 0.3) is 0 Å². The third-order valence-electron chi connectivity index (χ3n) is 17.0. The van der Waals surface area contributed by atoms with Crippen LogP contribution in [0.3, 0.4) is 0 Å². The molecule has 0 bridgehead atoms. The Labute approximate surface area is 337 Å². The maximum atomic E-state index is 13.8. The van der Waals surface area contributed by atoms with Gasteiger partial charge in [-0.25, -0.2) is 9.59 Å². The minimum Gasteiger partial charge on any atom is -0.504 e. The first-order chi connectivity index (χ1) is 26.5. The molecule has 0 radical (unpaired) electrons.